The lowest BCUT2D eigenvalue weighted by molar-refractivity contribution is 0.0600. The standard InChI is InChI=1S/C14H12FNO3/c1-18-14(17)9-3-2-4-11(7-9)19-13-6-5-10(16)8-12(13)15/h2-8H,16H2,1H3. The lowest BCUT2D eigenvalue weighted by atomic mass is 10.2. The second-order valence-corrected chi connectivity index (χ2v) is 3.81. The van der Waals surface area contributed by atoms with Crippen molar-refractivity contribution in [3.63, 3.8) is 0 Å². The van der Waals surface area contributed by atoms with Crippen molar-refractivity contribution in [2.45, 2.75) is 0 Å². The summed E-state index contributed by atoms with van der Waals surface area (Å²) in [5.74, 6) is -0.672. The molecule has 2 aromatic rings. The summed E-state index contributed by atoms with van der Waals surface area (Å²) in [6.45, 7) is 0. The van der Waals surface area contributed by atoms with E-state index in [4.69, 9.17) is 10.5 Å². The van der Waals surface area contributed by atoms with Gasteiger partial charge in [0.1, 0.15) is 5.75 Å². The second-order valence-electron chi connectivity index (χ2n) is 3.81. The first kappa shape index (κ1) is 12.9. The molecule has 0 aliphatic carbocycles. The highest BCUT2D eigenvalue weighted by Gasteiger charge is 2.09. The van der Waals surface area contributed by atoms with Crippen LogP contribution in [0, 0.1) is 5.82 Å². The fourth-order valence-corrected chi connectivity index (χ4v) is 1.53. The Bertz CT molecular complexity index is 613. The maximum Gasteiger partial charge on any atom is 0.337 e. The highest BCUT2D eigenvalue weighted by atomic mass is 19.1. The lowest BCUT2D eigenvalue weighted by Gasteiger charge is -2.08. The van der Waals surface area contributed by atoms with E-state index < -0.39 is 11.8 Å². The molecule has 2 N–H and O–H groups in total. The molecule has 0 spiro atoms. The maximum absolute atomic E-state index is 13.6. The topological polar surface area (TPSA) is 61.5 Å². The molecule has 2 aromatic carbocycles. The Labute approximate surface area is 109 Å². The molecule has 4 nitrogen and oxygen atoms in total. The average Bonchev–Trinajstić information content (AvgIpc) is 2.41. The summed E-state index contributed by atoms with van der Waals surface area (Å²) in [5, 5.41) is 0. The molecular formula is C14H12FNO3. The lowest BCUT2D eigenvalue weighted by Crippen LogP contribution is -2.01. The van der Waals surface area contributed by atoms with Crippen LogP contribution in [-0.2, 0) is 4.74 Å². The number of carbonyl (C=O) groups excluding carboxylic acids is 1. The number of esters is 1. The van der Waals surface area contributed by atoms with Gasteiger partial charge in [-0.05, 0) is 30.3 Å². The highest BCUT2D eigenvalue weighted by molar-refractivity contribution is 5.89. The predicted molar refractivity (Wildman–Crippen MR) is 68.7 cm³/mol. The predicted octanol–water partition coefficient (Wildman–Crippen LogP) is 2.99. The van der Waals surface area contributed by atoms with Gasteiger partial charge in [0.05, 0.1) is 12.7 Å². The van der Waals surface area contributed by atoms with Gasteiger partial charge in [0.15, 0.2) is 11.6 Å². The van der Waals surface area contributed by atoms with Crippen molar-refractivity contribution in [3.05, 3.63) is 53.8 Å². The summed E-state index contributed by atoms with van der Waals surface area (Å²) in [4.78, 5) is 11.4. The van der Waals surface area contributed by atoms with Gasteiger partial charge >= 0.3 is 5.97 Å². The fraction of sp³-hybridized carbons (Fsp3) is 0.0714. The molecule has 0 heterocycles. The third-order valence-corrected chi connectivity index (χ3v) is 2.44. The number of ether oxygens (including phenoxy) is 2. The second kappa shape index (κ2) is 5.39. The van der Waals surface area contributed by atoms with Crippen LogP contribution in [0.25, 0.3) is 0 Å². The van der Waals surface area contributed by atoms with E-state index >= 15 is 0 Å². The summed E-state index contributed by atoms with van der Waals surface area (Å²) in [7, 11) is 1.29. The quantitative estimate of drug-likeness (QED) is 0.681. The van der Waals surface area contributed by atoms with Gasteiger partial charge in [0.25, 0.3) is 0 Å². The van der Waals surface area contributed by atoms with Crippen molar-refractivity contribution < 1.29 is 18.7 Å². The molecule has 0 aromatic heterocycles. The van der Waals surface area contributed by atoms with Gasteiger partial charge < -0.3 is 15.2 Å². The third kappa shape index (κ3) is 3.01. The van der Waals surface area contributed by atoms with Crippen molar-refractivity contribution >= 4 is 11.7 Å². The summed E-state index contributed by atoms with van der Waals surface area (Å²) < 4.78 is 23.5. The first-order chi connectivity index (χ1) is 9.10. The smallest absolute Gasteiger partial charge is 0.337 e. The zero-order chi connectivity index (χ0) is 13.8. The first-order valence-electron chi connectivity index (χ1n) is 5.51. The van der Waals surface area contributed by atoms with Crippen molar-refractivity contribution in [1.29, 1.82) is 0 Å². The fourth-order valence-electron chi connectivity index (χ4n) is 1.53. The van der Waals surface area contributed by atoms with Crippen molar-refractivity contribution in [2.24, 2.45) is 0 Å². The molecule has 98 valence electrons. The van der Waals surface area contributed by atoms with Crippen LogP contribution in [0.4, 0.5) is 10.1 Å². The first-order valence-corrected chi connectivity index (χ1v) is 5.51. The SMILES string of the molecule is COC(=O)c1cccc(Oc2ccc(N)cc2F)c1. The molecule has 19 heavy (non-hydrogen) atoms. The number of nitrogen functional groups attached to an aromatic ring is 1. The number of benzene rings is 2. The minimum atomic E-state index is -0.566. The average molecular weight is 261 g/mol. The molecular weight excluding hydrogens is 249 g/mol. The van der Waals surface area contributed by atoms with Crippen LogP contribution in [0.5, 0.6) is 11.5 Å². The molecule has 5 heteroatoms. The van der Waals surface area contributed by atoms with Crippen LogP contribution in [0.3, 0.4) is 0 Å². The minimum Gasteiger partial charge on any atom is -0.465 e. The monoisotopic (exact) mass is 261 g/mol. The highest BCUT2D eigenvalue weighted by Crippen LogP contribution is 2.26. The van der Waals surface area contributed by atoms with Gasteiger partial charge in [-0.1, -0.05) is 6.07 Å². The molecule has 0 bridgehead atoms. The minimum absolute atomic E-state index is 0.0382. The Hall–Kier alpha value is -2.56. The van der Waals surface area contributed by atoms with E-state index in [1.54, 1.807) is 18.2 Å². The molecule has 0 aliphatic rings. The Morgan fingerprint density at radius 2 is 2.00 bits per heavy atom. The van der Waals surface area contributed by atoms with Crippen molar-refractivity contribution in [2.75, 3.05) is 12.8 Å². The van der Waals surface area contributed by atoms with E-state index in [-0.39, 0.29) is 5.75 Å². The third-order valence-electron chi connectivity index (χ3n) is 2.44. The Balaban J connectivity index is 2.26. The van der Waals surface area contributed by atoms with Crippen LogP contribution in [0.1, 0.15) is 10.4 Å². The maximum atomic E-state index is 13.6. The largest absolute Gasteiger partial charge is 0.465 e. The Kier molecular flexibility index (Phi) is 3.66. The van der Waals surface area contributed by atoms with Crippen LogP contribution in [-0.4, -0.2) is 13.1 Å². The molecule has 0 fully saturated rings. The number of rotatable bonds is 3. The van der Waals surface area contributed by atoms with Gasteiger partial charge in [-0.3, -0.25) is 0 Å². The van der Waals surface area contributed by atoms with Crippen LogP contribution < -0.4 is 10.5 Å². The van der Waals surface area contributed by atoms with Crippen molar-refractivity contribution in [1.82, 2.24) is 0 Å². The molecule has 0 radical (unpaired) electrons. The van der Waals surface area contributed by atoms with E-state index in [1.165, 1.54) is 31.4 Å². The van der Waals surface area contributed by atoms with E-state index in [1.807, 2.05) is 0 Å². The van der Waals surface area contributed by atoms with Crippen molar-refractivity contribution in [3.8, 4) is 11.5 Å². The summed E-state index contributed by atoms with van der Waals surface area (Å²) in [5.41, 5.74) is 6.09. The van der Waals surface area contributed by atoms with E-state index in [2.05, 4.69) is 4.74 Å². The van der Waals surface area contributed by atoms with E-state index in [0.717, 1.165) is 0 Å². The molecule has 0 unspecified atom stereocenters. The number of anilines is 1. The van der Waals surface area contributed by atoms with E-state index in [9.17, 15) is 9.18 Å². The van der Waals surface area contributed by atoms with Gasteiger partial charge in [-0.25, -0.2) is 9.18 Å². The molecule has 0 amide bonds. The number of carbonyl (C=O) groups is 1. The van der Waals surface area contributed by atoms with Gasteiger partial charge in [0.2, 0.25) is 0 Å². The molecule has 2 rings (SSSR count). The zero-order valence-electron chi connectivity index (χ0n) is 10.2. The molecule has 0 saturated heterocycles. The number of nitrogens with two attached hydrogens (primary N) is 1. The van der Waals surface area contributed by atoms with Gasteiger partial charge in [-0.15, -0.1) is 0 Å². The number of methoxy groups -OCH3 is 1. The normalized spacial score (nSPS) is 10.0. The number of hydrogen-bond donors (Lipinski definition) is 1. The summed E-state index contributed by atoms with van der Waals surface area (Å²) in [6, 6.07) is 10.4. The molecule has 0 saturated carbocycles. The molecule has 0 aliphatic heterocycles. The number of halogens is 1. The molecule has 0 atom stereocenters. The van der Waals surface area contributed by atoms with Gasteiger partial charge in [-0.2, -0.15) is 0 Å². The van der Waals surface area contributed by atoms with Crippen LogP contribution in [0.2, 0.25) is 0 Å². The summed E-state index contributed by atoms with van der Waals surface area (Å²) >= 11 is 0. The Morgan fingerprint density at radius 1 is 1.21 bits per heavy atom. The van der Waals surface area contributed by atoms with Crippen LogP contribution >= 0.6 is 0 Å². The Morgan fingerprint density at radius 3 is 2.68 bits per heavy atom. The number of hydrogen-bond acceptors (Lipinski definition) is 4. The van der Waals surface area contributed by atoms with Gasteiger partial charge in [0, 0.05) is 11.8 Å². The van der Waals surface area contributed by atoms with E-state index in [0.29, 0.717) is 17.0 Å². The zero-order valence-corrected chi connectivity index (χ0v) is 10.2. The van der Waals surface area contributed by atoms with Crippen LogP contribution in [0.15, 0.2) is 42.5 Å². The summed E-state index contributed by atoms with van der Waals surface area (Å²) in [6.07, 6.45) is 0.